The molecule has 0 aliphatic heterocycles. The van der Waals surface area contributed by atoms with Crippen LogP contribution in [0.3, 0.4) is 0 Å². The number of carbonyl (C=O) groups excluding carboxylic acids is 2. The summed E-state index contributed by atoms with van der Waals surface area (Å²) < 4.78 is 16.4. The third-order valence-electron chi connectivity index (χ3n) is 4.66. The number of carbonyl (C=O) groups is 2. The monoisotopic (exact) mass is 481 g/mol. The first-order valence-corrected chi connectivity index (χ1v) is 10.6. The molecule has 1 aromatic heterocycles. The van der Waals surface area contributed by atoms with Crippen LogP contribution in [0.2, 0.25) is 10.0 Å². The van der Waals surface area contributed by atoms with E-state index in [9.17, 15) is 14.7 Å². The van der Waals surface area contributed by atoms with Gasteiger partial charge in [0.1, 0.15) is 18.0 Å². The molecule has 0 aliphatic carbocycles. The smallest absolute Gasteiger partial charge is 0.309 e. The van der Waals surface area contributed by atoms with Gasteiger partial charge in [0.05, 0.1) is 18.1 Å². The van der Waals surface area contributed by atoms with Crippen molar-refractivity contribution in [3.63, 3.8) is 0 Å². The number of hydrogen-bond donors (Lipinski definition) is 1. The summed E-state index contributed by atoms with van der Waals surface area (Å²) in [6.07, 6.45) is 1.86. The van der Waals surface area contributed by atoms with E-state index in [-0.39, 0.29) is 23.6 Å². The molecule has 0 bridgehead atoms. The highest BCUT2D eigenvalue weighted by molar-refractivity contribution is 6.35. The molecule has 7 nitrogen and oxygen atoms in total. The fraction of sp³-hybridized carbons (Fsp3) is 0.348. The van der Waals surface area contributed by atoms with Crippen molar-refractivity contribution in [2.45, 2.75) is 38.9 Å². The summed E-state index contributed by atoms with van der Waals surface area (Å²) in [5, 5.41) is 10.9. The van der Waals surface area contributed by atoms with Crippen LogP contribution in [0.15, 0.2) is 43.1 Å². The Morgan fingerprint density at radius 2 is 1.94 bits per heavy atom. The number of nitrogens with zero attached hydrogens (tertiary/aromatic N) is 1. The van der Waals surface area contributed by atoms with E-state index in [0.717, 1.165) is 0 Å². The number of aromatic nitrogens is 1. The molecular formula is C23H25Cl2NO6. The zero-order valence-corrected chi connectivity index (χ0v) is 19.5. The molecule has 1 heterocycles. The number of aromatic hydroxyl groups is 1. The largest absolute Gasteiger partial charge is 0.503 e. The summed E-state index contributed by atoms with van der Waals surface area (Å²) in [7, 11) is 1.36. The van der Waals surface area contributed by atoms with Crippen LogP contribution in [0.25, 0.3) is 0 Å². The molecule has 1 N–H and O–H groups in total. The van der Waals surface area contributed by atoms with Gasteiger partial charge < -0.3 is 19.3 Å². The highest BCUT2D eigenvalue weighted by atomic mass is 35.5. The lowest BCUT2D eigenvalue weighted by molar-refractivity contribution is -0.157. The van der Waals surface area contributed by atoms with Crippen LogP contribution in [0.4, 0.5) is 0 Å². The van der Waals surface area contributed by atoms with Crippen molar-refractivity contribution in [3.05, 3.63) is 58.9 Å². The van der Waals surface area contributed by atoms with Gasteiger partial charge in [0, 0.05) is 30.1 Å². The van der Waals surface area contributed by atoms with Crippen molar-refractivity contribution in [1.82, 2.24) is 4.98 Å². The van der Waals surface area contributed by atoms with Crippen LogP contribution in [0.5, 0.6) is 17.2 Å². The van der Waals surface area contributed by atoms with Gasteiger partial charge in [-0.25, -0.2) is 4.98 Å². The van der Waals surface area contributed by atoms with Gasteiger partial charge >= 0.3 is 5.97 Å². The normalized spacial score (nSPS) is 13.5. The lowest BCUT2D eigenvalue weighted by atomic mass is 10.0. The standard InChI is InChI=1S/C23H25Cl2NO6/c1-5-6-18(14(3)31-19-8-7-15(24)12-16(19)25)32-23(29)13(2)11-17(27)21-22(28)20(30-4)9-10-26-21/h5,7-10,12-14,18,28H,1,6,11H2,2-4H3/t13-,14+,18-/m1/s1. The molecule has 0 saturated heterocycles. The topological polar surface area (TPSA) is 95.0 Å². The van der Waals surface area contributed by atoms with Crippen molar-refractivity contribution in [2.75, 3.05) is 7.11 Å². The van der Waals surface area contributed by atoms with Gasteiger partial charge in [-0.3, -0.25) is 9.59 Å². The van der Waals surface area contributed by atoms with Crippen LogP contribution in [0.1, 0.15) is 37.2 Å². The Morgan fingerprint density at radius 3 is 2.56 bits per heavy atom. The summed E-state index contributed by atoms with van der Waals surface area (Å²) in [4.78, 5) is 29.1. The summed E-state index contributed by atoms with van der Waals surface area (Å²) in [6, 6.07) is 6.25. The molecular weight excluding hydrogens is 457 g/mol. The van der Waals surface area contributed by atoms with Gasteiger partial charge in [0.25, 0.3) is 0 Å². The van der Waals surface area contributed by atoms with E-state index in [2.05, 4.69) is 11.6 Å². The second-order valence-corrected chi connectivity index (χ2v) is 7.98. The average molecular weight is 482 g/mol. The Kier molecular flexibility index (Phi) is 9.35. The molecule has 1 aromatic carbocycles. The summed E-state index contributed by atoms with van der Waals surface area (Å²) >= 11 is 12.1. The van der Waals surface area contributed by atoms with E-state index in [1.165, 1.54) is 19.4 Å². The molecule has 32 heavy (non-hydrogen) atoms. The Morgan fingerprint density at radius 1 is 1.22 bits per heavy atom. The molecule has 0 spiro atoms. The number of Topliss-reactive ketones (excluding diaryl/α,β-unsaturated/α-hetero) is 1. The Balaban J connectivity index is 2.04. The van der Waals surface area contributed by atoms with Crippen LogP contribution < -0.4 is 9.47 Å². The number of hydrogen-bond acceptors (Lipinski definition) is 7. The molecule has 0 aliphatic rings. The minimum atomic E-state index is -0.784. The van der Waals surface area contributed by atoms with Crippen molar-refractivity contribution < 1.29 is 28.9 Å². The van der Waals surface area contributed by atoms with Gasteiger partial charge in [0.15, 0.2) is 23.0 Å². The predicted molar refractivity (Wildman–Crippen MR) is 122 cm³/mol. The fourth-order valence-corrected chi connectivity index (χ4v) is 3.33. The lowest BCUT2D eigenvalue weighted by Crippen LogP contribution is -2.35. The van der Waals surface area contributed by atoms with Crippen molar-refractivity contribution in [1.29, 1.82) is 0 Å². The fourth-order valence-electron chi connectivity index (χ4n) is 2.88. The number of ketones is 1. The van der Waals surface area contributed by atoms with E-state index < -0.39 is 29.9 Å². The van der Waals surface area contributed by atoms with Crippen LogP contribution in [0, 0.1) is 5.92 Å². The van der Waals surface area contributed by atoms with Crippen LogP contribution >= 0.6 is 23.2 Å². The molecule has 9 heteroatoms. The van der Waals surface area contributed by atoms with Gasteiger partial charge in [-0.1, -0.05) is 36.2 Å². The number of ether oxygens (including phenoxy) is 3. The third kappa shape index (κ3) is 6.61. The first-order valence-electron chi connectivity index (χ1n) is 9.86. The third-order valence-corrected chi connectivity index (χ3v) is 5.19. The van der Waals surface area contributed by atoms with Crippen LogP contribution in [-0.4, -0.2) is 41.2 Å². The second kappa shape index (κ2) is 11.7. The molecule has 0 amide bonds. The van der Waals surface area contributed by atoms with Gasteiger partial charge in [-0.15, -0.1) is 6.58 Å². The summed E-state index contributed by atoms with van der Waals surface area (Å²) in [5.41, 5.74) is -0.166. The van der Waals surface area contributed by atoms with Gasteiger partial charge in [0.2, 0.25) is 0 Å². The second-order valence-electron chi connectivity index (χ2n) is 7.14. The van der Waals surface area contributed by atoms with E-state index >= 15 is 0 Å². The van der Waals surface area contributed by atoms with E-state index in [4.69, 9.17) is 37.4 Å². The highest BCUT2D eigenvalue weighted by Gasteiger charge is 2.28. The Labute approximate surface area is 196 Å². The Hall–Kier alpha value is -2.77. The van der Waals surface area contributed by atoms with E-state index in [1.807, 2.05) is 0 Å². The van der Waals surface area contributed by atoms with Gasteiger partial charge in [-0.2, -0.15) is 0 Å². The van der Waals surface area contributed by atoms with E-state index in [0.29, 0.717) is 22.2 Å². The maximum atomic E-state index is 12.7. The molecule has 2 rings (SSSR count). The van der Waals surface area contributed by atoms with E-state index in [1.54, 1.807) is 38.1 Å². The molecule has 0 radical (unpaired) electrons. The Bertz CT molecular complexity index is 981. The van der Waals surface area contributed by atoms with Gasteiger partial charge in [-0.05, 0) is 25.1 Å². The molecule has 0 fully saturated rings. The highest BCUT2D eigenvalue weighted by Crippen LogP contribution is 2.30. The SMILES string of the molecule is C=CC[C@@H](OC(=O)[C@H](C)CC(=O)c1nccc(OC)c1O)[C@H](C)Oc1ccc(Cl)cc1Cl. The minimum absolute atomic E-state index is 0.122. The number of methoxy groups -OCH3 is 1. The number of rotatable bonds is 11. The number of halogens is 2. The minimum Gasteiger partial charge on any atom is -0.503 e. The molecule has 172 valence electrons. The zero-order valence-electron chi connectivity index (χ0n) is 18.0. The lowest BCUT2D eigenvalue weighted by Gasteiger charge is -2.26. The zero-order chi connectivity index (χ0) is 23.8. The number of esters is 1. The maximum Gasteiger partial charge on any atom is 0.309 e. The molecule has 0 unspecified atom stereocenters. The molecule has 2 aromatic rings. The summed E-state index contributed by atoms with van der Waals surface area (Å²) in [5.74, 6) is -1.73. The van der Waals surface area contributed by atoms with Crippen LogP contribution in [-0.2, 0) is 9.53 Å². The molecule has 3 atom stereocenters. The number of benzene rings is 1. The summed E-state index contributed by atoms with van der Waals surface area (Å²) in [6.45, 7) is 6.99. The first-order chi connectivity index (χ1) is 15.2. The maximum absolute atomic E-state index is 12.7. The predicted octanol–water partition coefficient (Wildman–Crippen LogP) is 5.27. The first kappa shape index (κ1) is 25.5. The van der Waals surface area contributed by atoms with Crippen molar-refractivity contribution in [3.8, 4) is 17.2 Å². The van der Waals surface area contributed by atoms with Crippen molar-refractivity contribution in [2.24, 2.45) is 5.92 Å². The molecule has 0 saturated carbocycles. The quantitative estimate of drug-likeness (QED) is 0.265. The number of pyridine rings is 1. The van der Waals surface area contributed by atoms with Crippen molar-refractivity contribution >= 4 is 35.0 Å². The average Bonchev–Trinajstić information content (AvgIpc) is 2.75.